The Bertz CT molecular complexity index is 545. The summed E-state index contributed by atoms with van der Waals surface area (Å²) in [5, 5.41) is 2.37. The second-order valence-corrected chi connectivity index (χ2v) is 4.64. The van der Waals surface area contributed by atoms with Gasteiger partial charge in [0.15, 0.2) is 5.78 Å². The summed E-state index contributed by atoms with van der Waals surface area (Å²) in [5.74, 6) is -1.35. The maximum Gasteiger partial charge on any atom is 0.221 e. The van der Waals surface area contributed by atoms with Gasteiger partial charge in [-0.15, -0.1) is 0 Å². The minimum Gasteiger partial charge on any atom is -0.326 e. The molecule has 0 saturated heterocycles. The van der Waals surface area contributed by atoms with Crippen LogP contribution in [-0.4, -0.2) is 17.7 Å². The van der Waals surface area contributed by atoms with Crippen LogP contribution in [-0.2, 0) is 11.2 Å². The number of amides is 1. The highest BCUT2D eigenvalue weighted by molar-refractivity contribution is 6.32. The topological polar surface area (TPSA) is 72.2 Å². The molecule has 3 N–H and O–H groups in total. The second-order valence-electron chi connectivity index (χ2n) is 4.26. The number of carbonyl (C=O) groups excluding carboxylic acids is 2. The molecule has 1 aromatic rings. The summed E-state index contributed by atoms with van der Waals surface area (Å²) in [6, 6.07) is 0.421. The number of hydrogen-bond acceptors (Lipinski definition) is 3. The Kier molecular flexibility index (Phi) is 3.36. The fourth-order valence-corrected chi connectivity index (χ4v) is 2.34. The molecule has 0 bridgehead atoms. The lowest BCUT2D eigenvalue weighted by atomic mass is 9.86. The van der Waals surface area contributed by atoms with Gasteiger partial charge in [-0.25, -0.2) is 4.39 Å². The van der Waals surface area contributed by atoms with Crippen molar-refractivity contribution in [2.45, 2.75) is 25.8 Å². The number of fused-ring (bicyclic) bond motifs is 1. The first-order valence-corrected chi connectivity index (χ1v) is 5.88. The van der Waals surface area contributed by atoms with E-state index in [1.807, 2.05) is 0 Å². The van der Waals surface area contributed by atoms with E-state index in [0.29, 0.717) is 18.4 Å². The molecule has 0 saturated carbocycles. The summed E-state index contributed by atoms with van der Waals surface area (Å²) >= 11 is 5.85. The van der Waals surface area contributed by atoms with Crippen LogP contribution >= 0.6 is 11.6 Å². The molecule has 0 fully saturated rings. The highest BCUT2D eigenvalue weighted by Gasteiger charge is 2.30. The molecule has 1 unspecified atom stereocenters. The molecule has 0 aromatic heterocycles. The number of benzene rings is 1. The lowest BCUT2D eigenvalue weighted by Gasteiger charge is -2.24. The van der Waals surface area contributed by atoms with Crippen molar-refractivity contribution in [3.63, 3.8) is 0 Å². The Morgan fingerprint density at radius 3 is 2.89 bits per heavy atom. The predicted molar refractivity (Wildman–Crippen MR) is 66.3 cm³/mol. The monoisotopic (exact) mass is 270 g/mol. The van der Waals surface area contributed by atoms with E-state index in [1.165, 1.54) is 6.92 Å². The molecule has 18 heavy (non-hydrogen) atoms. The number of carbonyl (C=O) groups is 2. The van der Waals surface area contributed by atoms with E-state index >= 15 is 0 Å². The van der Waals surface area contributed by atoms with Crippen molar-refractivity contribution >= 4 is 29.0 Å². The van der Waals surface area contributed by atoms with Gasteiger partial charge < -0.3 is 11.1 Å². The first-order chi connectivity index (χ1) is 8.41. The van der Waals surface area contributed by atoms with Gasteiger partial charge in [-0.3, -0.25) is 9.59 Å². The van der Waals surface area contributed by atoms with Crippen LogP contribution in [0.2, 0.25) is 5.02 Å². The van der Waals surface area contributed by atoms with Crippen LogP contribution in [0, 0.1) is 5.82 Å². The normalized spacial score (nSPS) is 18.4. The van der Waals surface area contributed by atoms with Crippen molar-refractivity contribution < 1.29 is 14.0 Å². The molecule has 0 heterocycles. The Labute approximate surface area is 108 Å². The van der Waals surface area contributed by atoms with Crippen molar-refractivity contribution in [2.75, 3.05) is 5.32 Å². The van der Waals surface area contributed by atoms with Gasteiger partial charge in [0.2, 0.25) is 5.91 Å². The number of nitrogens with one attached hydrogen (secondary N) is 1. The van der Waals surface area contributed by atoms with Gasteiger partial charge in [0.1, 0.15) is 5.82 Å². The molecule has 1 atom stereocenters. The average Bonchev–Trinajstić information content (AvgIpc) is 2.28. The quantitative estimate of drug-likeness (QED) is 0.819. The molecule has 4 nitrogen and oxygen atoms in total. The van der Waals surface area contributed by atoms with Gasteiger partial charge in [0, 0.05) is 12.5 Å². The highest BCUT2D eigenvalue weighted by Crippen LogP contribution is 2.35. The number of ketones is 1. The van der Waals surface area contributed by atoms with Crippen LogP contribution in [0.5, 0.6) is 0 Å². The lowest BCUT2D eigenvalue weighted by Crippen LogP contribution is -2.36. The zero-order valence-electron chi connectivity index (χ0n) is 9.72. The zero-order chi connectivity index (χ0) is 13.4. The first-order valence-electron chi connectivity index (χ1n) is 5.50. The molecule has 1 aliphatic carbocycles. The molecule has 0 aliphatic heterocycles. The first kappa shape index (κ1) is 13.0. The fourth-order valence-electron chi connectivity index (χ4n) is 2.10. The number of halogens is 2. The van der Waals surface area contributed by atoms with E-state index < -0.39 is 11.9 Å². The summed E-state index contributed by atoms with van der Waals surface area (Å²) in [6.45, 7) is 1.28. The molecular formula is C12H12ClFN2O2. The third kappa shape index (κ3) is 2.11. The lowest BCUT2D eigenvalue weighted by molar-refractivity contribution is -0.114. The van der Waals surface area contributed by atoms with Gasteiger partial charge >= 0.3 is 0 Å². The van der Waals surface area contributed by atoms with Crippen molar-refractivity contribution in [3.05, 3.63) is 28.0 Å². The van der Waals surface area contributed by atoms with Crippen LogP contribution in [0.3, 0.4) is 0 Å². The molecule has 0 spiro atoms. The van der Waals surface area contributed by atoms with Gasteiger partial charge in [0.05, 0.1) is 16.8 Å². The van der Waals surface area contributed by atoms with Gasteiger partial charge in [0.25, 0.3) is 0 Å². The van der Waals surface area contributed by atoms with Crippen LogP contribution in [0.4, 0.5) is 10.1 Å². The van der Waals surface area contributed by atoms with E-state index in [4.69, 9.17) is 17.3 Å². The molecule has 6 heteroatoms. The predicted octanol–water partition coefficient (Wildman–Crippen LogP) is 1.89. The summed E-state index contributed by atoms with van der Waals surface area (Å²) in [7, 11) is 0. The minimum atomic E-state index is -0.651. The number of Topliss-reactive ketones (excluding diaryl/α,β-unsaturated/α-hetero) is 1. The summed E-state index contributed by atoms with van der Waals surface area (Å²) in [6.07, 6.45) is 0.847. The molecule has 1 amide bonds. The Balaban J connectivity index is 2.64. The highest BCUT2D eigenvalue weighted by atomic mass is 35.5. The van der Waals surface area contributed by atoms with E-state index in [-0.39, 0.29) is 28.0 Å². The molecule has 96 valence electrons. The zero-order valence-corrected chi connectivity index (χ0v) is 10.5. The van der Waals surface area contributed by atoms with Crippen molar-refractivity contribution in [3.8, 4) is 0 Å². The smallest absolute Gasteiger partial charge is 0.221 e. The Morgan fingerprint density at radius 1 is 1.61 bits per heavy atom. The van der Waals surface area contributed by atoms with E-state index in [2.05, 4.69) is 5.32 Å². The number of anilines is 1. The number of hydrogen-bond donors (Lipinski definition) is 2. The van der Waals surface area contributed by atoms with Gasteiger partial charge in [-0.1, -0.05) is 11.6 Å². The Morgan fingerprint density at radius 2 is 2.28 bits per heavy atom. The maximum atomic E-state index is 13.6. The van der Waals surface area contributed by atoms with Crippen LogP contribution in [0.1, 0.15) is 29.3 Å². The molecule has 1 aliphatic rings. The van der Waals surface area contributed by atoms with E-state index in [1.54, 1.807) is 0 Å². The fraction of sp³-hybridized carbons (Fsp3) is 0.333. The standard InChI is InChI=1S/C12H12ClFN2O2/c1-5(17)16-9-4-7(14)11(13)6-2-3-8(15)12(18)10(6)9/h4,8H,2-3,15H2,1H3,(H,16,17). The van der Waals surface area contributed by atoms with E-state index in [9.17, 15) is 14.0 Å². The maximum absolute atomic E-state index is 13.6. The van der Waals surface area contributed by atoms with E-state index in [0.717, 1.165) is 6.07 Å². The third-order valence-corrected chi connectivity index (χ3v) is 3.32. The summed E-state index contributed by atoms with van der Waals surface area (Å²) in [5.41, 5.74) is 6.48. The van der Waals surface area contributed by atoms with Gasteiger partial charge in [-0.2, -0.15) is 0 Å². The third-order valence-electron chi connectivity index (χ3n) is 2.92. The summed E-state index contributed by atoms with van der Waals surface area (Å²) in [4.78, 5) is 23.1. The van der Waals surface area contributed by atoms with Crippen LogP contribution in [0.25, 0.3) is 0 Å². The molecule has 2 rings (SSSR count). The minimum absolute atomic E-state index is 0.0700. The molecule has 0 radical (unpaired) electrons. The average molecular weight is 271 g/mol. The van der Waals surface area contributed by atoms with Crippen molar-refractivity contribution in [2.24, 2.45) is 5.73 Å². The van der Waals surface area contributed by atoms with Crippen LogP contribution in [0.15, 0.2) is 6.07 Å². The van der Waals surface area contributed by atoms with Crippen molar-refractivity contribution in [1.82, 2.24) is 0 Å². The molecular weight excluding hydrogens is 259 g/mol. The van der Waals surface area contributed by atoms with Crippen molar-refractivity contribution in [1.29, 1.82) is 0 Å². The number of nitrogens with two attached hydrogens (primary N) is 1. The summed E-state index contributed by atoms with van der Waals surface area (Å²) < 4.78 is 13.6. The molecule has 1 aromatic carbocycles. The SMILES string of the molecule is CC(=O)Nc1cc(F)c(Cl)c2c1C(=O)C(N)CC2. The van der Waals surface area contributed by atoms with Gasteiger partial charge in [-0.05, 0) is 24.5 Å². The Hall–Kier alpha value is -1.46. The van der Waals surface area contributed by atoms with Crippen LogP contribution < -0.4 is 11.1 Å². The number of rotatable bonds is 1. The largest absolute Gasteiger partial charge is 0.326 e. The second kappa shape index (κ2) is 4.66.